The number of carbonyl (C=O) groups excluding carboxylic acids is 1. The first-order chi connectivity index (χ1) is 13.3. The van der Waals surface area contributed by atoms with Crippen LogP contribution in [0.4, 0.5) is 0 Å². The van der Waals surface area contributed by atoms with Gasteiger partial charge in [0.15, 0.2) is 5.17 Å². The summed E-state index contributed by atoms with van der Waals surface area (Å²) < 4.78 is 30.2. The second kappa shape index (κ2) is 8.57. The molecule has 2 aromatic carbocycles. The lowest BCUT2D eigenvalue weighted by atomic mass is 10.0. The highest BCUT2D eigenvalue weighted by atomic mass is 32.2. The van der Waals surface area contributed by atoms with E-state index < -0.39 is 10.1 Å². The van der Waals surface area contributed by atoms with Crippen molar-refractivity contribution in [2.24, 2.45) is 10.2 Å². The zero-order valence-corrected chi connectivity index (χ0v) is 17.0. The fourth-order valence-electron chi connectivity index (χ4n) is 2.37. The first-order valence-corrected chi connectivity index (χ1v) is 10.9. The molecule has 2 aromatic rings. The molecule has 1 aliphatic heterocycles. The Bertz CT molecular complexity index is 1030. The standard InChI is InChI=1S/C19H19N3O4S2/c1-13(2)15-6-8-17(9-7-15)28(24,25)26-16-5-3-4-14(10-16)11-20-22-19-21-18(23)12-27-19/h3-11,13H,12H2,1-2H3,(H,21,22,23). The van der Waals surface area contributed by atoms with Crippen LogP contribution in [0.2, 0.25) is 0 Å². The second-order valence-electron chi connectivity index (χ2n) is 6.32. The van der Waals surface area contributed by atoms with Crippen LogP contribution in [0.1, 0.15) is 30.9 Å². The molecule has 146 valence electrons. The van der Waals surface area contributed by atoms with E-state index in [1.807, 2.05) is 13.8 Å². The highest BCUT2D eigenvalue weighted by Gasteiger charge is 2.17. The largest absolute Gasteiger partial charge is 0.379 e. The Morgan fingerprint density at radius 2 is 1.93 bits per heavy atom. The van der Waals surface area contributed by atoms with Crippen LogP contribution in [0.15, 0.2) is 63.6 Å². The zero-order chi connectivity index (χ0) is 20.1. The van der Waals surface area contributed by atoms with E-state index in [9.17, 15) is 13.2 Å². The molecule has 0 unspecified atom stereocenters. The van der Waals surface area contributed by atoms with Gasteiger partial charge in [-0.3, -0.25) is 4.79 Å². The number of amides is 1. The van der Waals surface area contributed by atoms with Gasteiger partial charge in [0.05, 0.1) is 12.0 Å². The highest BCUT2D eigenvalue weighted by Crippen LogP contribution is 2.22. The van der Waals surface area contributed by atoms with E-state index in [0.29, 0.717) is 22.4 Å². The number of rotatable bonds is 6. The molecule has 7 nitrogen and oxygen atoms in total. The maximum Gasteiger partial charge on any atom is 0.339 e. The fraction of sp³-hybridized carbons (Fsp3) is 0.211. The summed E-state index contributed by atoms with van der Waals surface area (Å²) >= 11 is 1.27. The maximum absolute atomic E-state index is 12.5. The number of amidine groups is 1. The Morgan fingerprint density at radius 1 is 1.18 bits per heavy atom. The minimum Gasteiger partial charge on any atom is -0.379 e. The van der Waals surface area contributed by atoms with Gasteiger partial charge in [-0.15, -0.1) is 5.10 Å². The average Bonchev–Trinajstić information content (AvgIpc) is 3.07. The van der Waals surface area contributed by atoms with E-state index in [-0.39, 0.29) is 16.6 Å². The number of nitrogens with zero attached hydrogens (tertiary/aromatic N) is 2. The van der Waals surface area contributed by atoms with Gasteiger partial charge in [0, 0.05) is 0 Å². The molecule has 1 heterocycles. The Balaban J connectivity index is 1.72. The molecule has 0 saturated carbocycles. The molecule has 1 aliphatic rings. The molecule has 0 bridgehead atoms. The van der Waals surface area contributed by atoms with Crippen LogP contribution in [0.3, 0.4) is 0 Å². The van der Waals surface area contributed by atoms with Gasteiger partial charge in [-0.2, -0.15) is 13.5 Å². The Labute approximate surface area is 168 Å². The molecular formula is C19H19N3O4S2. The lowest BCUT2D eigenvalue weighted by Gasteiger charge is -2.09. The Kier molecular flexibility index (Phi) is 6.15. The Morgan fingerprint density at radius 3 is 2.57 bits per heavy atom. The smallest absolute Gasteiger partial charge is 0.339 e. The first kappa shape index (κ1) is 20.1. The maximum atomic E-state index is 12.5. The molecule has 1 amide bonds. The molecule has 3 rings (SSSR count). The third-order valence-electron chi connectivity index (χ3n) is 3.84. The van der Waals surface area contributed by atoms with Gasteiger partial charge in [-0.1, -0.05) is 49.9 Å². The summed E-state index contributed by atoms with van der Waals surface area (Å²) in [5.74, 6) is 0.704. The molecule has 0 aromatic heterocycles. The summed E-state index contributed by atoms with van der Waals surface area (Å²) in [6, 6.07) is 13.1. The monoisotopic (exact) mass is 417 g/mol. The van der Waals surface area contributed by atoms with Crippen LogP contribution in [0.25, 0.3) is 0 Å². The van der Waals surface area contributed by atoms with Crippen molar-refractivity contribution >= 4 is 39.2 Å². The molecule has 1 saturated heterocycles. The van der Waals surface area contributed by atoms with Gasteiger partial charge < -0.3 is 9.50 Å². The van der Waals surface area contributed by atoms with Crippen LogP contribution in [-0.2, 0) is 14.9 Å². The lowest BCUT2D eigenvalue weighted by molar-refractivity contribution is -0.116. The summed E-state index contributed by atoms with van der Waals surface area (Å²) in [7, 11) is -3.94. The number of hydrogen-bond acceptors (Lipinski definition) is 7. The van der Waals surface area contributed by atoms with Crippen molar-refractivity contribution in [3.63, 3.8) is 0 Å². The van der Waals surface area contributed by atoms with Gasteiger partial charge >= 0.3 is 10.1 Å². The Hall–Kier alpha value is -2.65. The molecule has 28 heavy (non-hydrogen) atoms. The van der Waals surface area contributed by atoms with Crippen molar-refractivity contribution in [2.45, 2.75) is 24.7 Å². The van der Waals surface area contributed by atoms with E-state index >= 15 is 0 Å². The van der Waals surface area contributed by atoms with Gasteiger partial charge in [0.1, 0.15) is 10.6 Å². The van der Waals surface area contributed by atoms with E-state index in [1.54, 1.807) is 48.5 Å². The normalized spacial score (nSPS) is 16.1. The van der Waals surface area contributed by atoms with Crippen molar-refractivity contribution in [1.82, 2.24) is 5.32 Å². The van der Waals surface area contributed by atoms with Gasteiger partial charge in [-0.25, -0.2) is 0 Å². The zero-order valence-electron chi connectivity index (χ0n) is 15.3. The molecular weight excluding hydrogens is 398 g/mol. The fourth-order valence-corrected chi connectivity index (χ4v) is 3.92. The predicted molar refractivity (Wildman–Crippen MR) is 110 cm³/mol. The van der Waals surface area contributed by atoms with Crippen molar-refractivity contribution in [3.8, 4) is 5.75 Å². The van der Waals surface area contributed by atoms with Crippen molar-refractivity contribution in [3.05, 3.63) is 59.7 Å². The van der Waals surface area contributed by atoms with Crippen LogP contribution in [-0.4, -0.2) is 31.5 Å². The summed E-state index contributed by atoms with van der Waals surface area (Å²) in [4.78, 5) is 11.2. The molecule has 1 fully saturated rings. The van der Waals surface area contributed by atoms with E-state index in [0.717, 1.165) is 5.56 Å². The van der Waals surface area contributed by atoms with E-state index in [4.69, 9.17) is 4.18 Å². The van der Waals surface area contributed by atoms with E-state index in [2.05, 4.69) is 15.5 Å². The average molecular weight is 418 g/mol. The second-order valence-corrected chi connectivity index (χ2v) is 8.83. The number of nitrogens with one attached hydrogen (secondary N) is 1. The number of thioether (sulfide) groups is 1. The van der Waals surface area contributed by atoms with Gasteiger partial charge in [0.25, 0.3) is 0 Å². The van der Waals surface area contributed by atoms with Crippen LogP contribution >= 0.6 is 11.8 Å². The third-order valence-corrected chi connectivity index (χ3v) is 5.97. The van der Waals surface area contributed by atoms with Crippen molar-refractivity contribution in [1.29, 1.82) is 0 Å². The first-order valence-electron chi connectivity index (χ1n) is 8.52. The molecule has 0 atom stereocenters. The quantitative estimate of drug-likeness (QED) is 0.442. The summed E-state index contributed by atoms with van der Waals surface area (Å²) in [5, 5.41) is 10.8. The summed E-state index contributed by atoms with van der Waals surface area (Å²) in [5.41, 5.74) is 1.66. The number of carbonyl (C=O) groups is 1. The molecule has 1 N–H and O–H groups in total. The van der Waals surface area contributed by atoms with Gasteiger partial charge in [-0.05, 0) is 41.3 Å². The van der Waals surface area contributed by atoms with Crippen molar-refractivity contribution < 1.29 is 17.4 Å². The molecule has 0 spiro atoms. The molecule has 9 heteroatoms. The SMILES string of the molecule is CC(C)c1ccc(S(=O)(=O)Oc2cccc(C=N/N=C3/NC(=O)CS3)c2)cc1. The third kappa shape index (κ3) is 5.20. The molecule has 0 radical (unpaired) electrons. The minimum atomic E-state index is -3.94. The predicted octanol–water partition coefficient (Wildman–Crippen LogP) is 3.13. The van der Waals surface area contributed by atoms with E-state index in [1.165, 1.54) is 18.0 Å². The topological polar surface area (TPSA) is 97.2 Å². The van der Waals surface area contributed by atoms with Crippen LogP contribution in [0, 0.1) is 0 Å². The minimum absolute atomic E-state index is 0.0939. The number of benzene rings is 2. The summed E-state index contributed by atoms with van der Waals surface area (Å²) in [6.45, 7) is 4.08. The van der Waals surface area contributed by atoms with Crippen LogP contribution in [0.5, 0.6) is 5.75 Å². The lowest BCUT2D eigenvalue weighted by Crippen LogP contribution is -2.19. The molecule has 0 aliphatic carbocycles. The summed E-state index contributed by atoms with van der Waals surface area (Å²) in [6.07, 6.45) is 1.45. The highest BCUT2D eigenvalue weighted by molar-refractivity contribution is 8.15. The van der Waals surface area contributed by atoms with Gasteiger partial charge in [0.2, 0.25) is 5.91 Å². The number of hydrogen-bond donors (Lipinski definition) is 1. The van der Waals surface area contributed by atoms with Crippen molar-refractivity contribution in [2.75, 3.05) is 5.75 Å². The van der Waals surface area contributed by atoms with Crippen LogP contribution < -0.4 is 9.50 Å².